The van der Waals surface area contributed by atoms with E-state index in [1.54, 1.807) is 29.3 Å². The van der Waals surface area contributed by atoms with Gasteiger partial charge in [0.1, 0.15) is 0 Å². The Kier molecular flexibility index (Phi) is 5.29. The van der Waals surface area contributed by atoms with Crippen LogP contribution in [0.4, 0.5) is 5.13 Å². The van der Waals surface area contributed by atoms with E-state index >= 15 is 0 Å². The number of hydrogen-bond acceptors (Lipinski definition) is 8. The van der Waals surface area contributed by atoms with E-state index in [1.807, 2.05) is 30.3 Å². The Balaban J connectivity index is 1.29. The molecular weight excluding hydrogens is 356 g/mol. The minimum atomic E-state index is 0.295. The lowest BCUT2D eigenvalue weighted by atomic mass is 10.2. The maximum absolute atomic E-state index is 5.81. The van der Waals surface area contributed by atoms with Crippen molar-refractivity contribution in [3.05, 3.63) is 42.4 Å². The number of hydrogen-bond donors (Lipinski definition) is 1. The Bertz CT molecular complexity index is 800. The van der Waals surface area contributed by atoms with Crippen molar-refractivity contribution in [3.8, 4) is 11.3 Å². The van der Waals surface area contributed by atoms with E-state index in [9.17, 15) is 0 Å². The van der Waals surface area contributed by atoms with Gasteiger partial charge in [0.25, 0.3) is 0 Å². The third kappa shape index (κ3) is 4.39. The molecule has 1 fully saturated rings. The maximum Gasteiger partial charge on any atom is 0.206 e. The van der Waals surface area contributed by atoms with Gasteiger partial charge in [-0.15, -0.1) is 10.2 Å². The second kappa shape index (κ2) is 7.99. The van der Waals surface area contributed by atoms with Gasteiger partial charge in [0.2, 0.25) is 11.0 Å². The fourth-order valence-electron chi connectivity index (χ4n) is 2.58. The van der Waals surface area contributed by atoms with Crippen LogP contribution in [0.25, 0.3) is 11.3 Å². The molecule has 2 aromatic heterocycles. The first kappa shape index (κ1) is 16.6. The lowest BCUT2D eigenvalue weighted by molar-refractivity contribution is 0.120. The van der Waals surface area contributed by atoms with Crippen LogP contribution >= 0.6 is 23.1 Å². The predicted octanol–water partition coefficient (Wildman–Crippen LogP) is 4.08. The number of nitrogens with zero attached hydrogens (tertiary/aromatic N) is 3. The summed E-state index contributed by atoms with van der Waals surface area (Å²) >= 11 is 3.12. The van der Waals surface area contributed by atoms with Crippen molar-refractivity contribution < 1.29 is 9.15 Å². The number of anilines is 1. The highest BCUT2D eigenvalue weighted by Crippen LogP contribution is 2.29. The average Bonchev–Trinajstić information content (AvgIpc) is 3.40. The molecule has 1 aliphatic heterocycles. The molecule has 0 bridgehead atoms. The Morgan fingerprint density at radius 2 is 2.16 bits per heavy atom. The van der Waals surface area contributed by atoms with Crippen molar-refractivity contribution in [1.82, 2.24) is 15.2 Å². The highest BCUT2D eigenvalue weighted by atomic mass is 32.2. The first-order valence-electron chi connectivity index (χ1n) is 8.19. The van der Waals surface area contributed by atoms with Crippen molar-refractivity contribution in [2.24, 2.45) is 0 Å². The lowest BCUT2D eigenvalue weighted by Gasteiger charge is -2.08. The fourth-order valence-corrected chi connectivity index (χ4v) is 4.19. The van der Waals surface area contributed by atoms with E-state index in [0.29, 0.717) is 17.7 Å². The number of aromatic nitrogens is 3. The summed E-state index contributed by atoms with van der Waals surface area (Å²) < 4.78 is 12.3. The lowest BCUT2D eigenvalue weighted by Crippen LogP contribution is -2.18. The zero-order chi connectivity index (χ0) is 16.9. The molecular formula is C17H18N4O2S2. The second-order valence-electron chi connectivity index (χ2n) is 5.66. The van der Waals surface area contributed by atoms with Crippen molar-refractivity contribution in [3.63, 3.8) is 0 Å². The minimum Gasteiger partial charge on any atom is -0.440 e. The largest absolute Gasteiger partial charge is 0.440 e. The summed E-state index contributed by atoms with van der Waals surface area (Å²) in [5.74, 6) is 2.10. The molecule has 1 unspecified atom stereocenters. The molecule has 8 heteroatoms. The van der Waals surface area contributed by atoms with E-state index < -0.39 is 0 Å². The normalized spacial score (nSPS) is 17.0. The van der Waals surface area contributed by atoms with E-state index in [0.717, 1.165) is 46.8 Å². The van der Waals surface area contributed by atoms with Gasteiger partial charge in [-0.1, -0.05) is 53.4 Å². The number of ether oxygens (including phenoxy) is 1. The quantitative estimate of drug-likeness (QED) is 0.625. The molecule has 0 radical (unpaired) electrons. The molecule has 6 nitrogen and oxygen atoms in total. The monoisotopic (exact) mass is 374 g/mol. The molecule has 0 spiro atoms. The highest BCUT2D eigenvalue weighted by Gasteiger charge is 2.16. The average molecular weight is 374 g/mol. The molecule has 0 aliphatic carbocycles. The van der Waals surface area contributed by atoms with Gasteiger partial charge in [-0.2, -0.15) is 0 Å². The van der Waals surface area contributed by atoms with Crippen LogP contribution in [0.2, 0.25) is 0 Å². The third-order valence-electron chi connectivity index (χ3n) is 3.84. The molecule has 1 aromatic carbocycles. The molecule has 25 heavy (non-hydrogen) atoms. The van der Waals surface area contributed by atoms with Gasteiger partial charge < -0.3 is 14.5 Å². The zero-order valence-electron chi connectivity index (χ0n) is 13.6. The Morgan fingerprint density at radius 1 is 1.24 bits per heavy atom. The number of rotatable bonds is 7. The summed E-state index contributed by atoms with van der Waals surface area (Å²) in [6.07, 6.45) is 4.31. The molecule has 4 rings (SSSR count). The zero-order valence-corrected chi connectivity index (χ0v) is 15.2. The summed E-state index contributed by atoms with van der Waals surface area (Å²) in [5.41, 5.74) is 1.03. The van der Waals surface area contributed by atoms with Crippen LogP contribution in [0.15, 0.2) is 45.3 Å². The van der Waals surface area contributed by atoms with Gasteiger partial charge in [-0.05, 0) is 12.8 Å². The second-order valence-corrected chi connectivity index (χ2v) is 7.86. The summed E-state index contributed by atoms with van der Waals surface area (Å²) in [7, 11) is 0. The smallest absolute Gasteiger partial charge is 0.206 e. The molecule has 0 saturated carbocycles. The summed E-state index contributed by atoms with van der Waals surface area (Å²) in [6.45, 7) is 1.66. The molecule has 1 aliphatic rings. The van der Waals surface area contributed by atoms with E-state index in [4.69, 9.17) is 9.15 Å². The Morgan fingerprint density at radius 3 is 3.00 bits per heavy atom. The van der Waals surface area contributed by atoms with E-state index in [1.165, 1.54) is 0 Å². The van der Waals surface area contributed by atoms with E-state index in [-0.39, 0.29) is 0 Å². The molecule has 0 amide bonds. The Hall–Kier alpha value is -1.90. The molecule has 1 N–H and O–H groups in total. The molecule has 1 saturated heterocycles. The number of thioether (sulfide) groups is 1. The summed E-state index contributed by atoms with van der Waals surface area (Å²) in [6, 6.07) is 9.97. The standard InChI is InChI=1S/C17H18N4O2S2/c1-2-5-12(6-3-1)14-10-18-15(23-14)11-24-17-21-20-16(25-17)19-9-13-7-4-8-22-13/h1-3,5-6,10,13H,4,7-9,11H2,(H,19,20). The van der Waals surface area contributed by atoms with Crippen LogP contribution in [0.3, 0.4) is 0 Å². The van der Waals surface area contributed by atoms with Gasteiger partial charge in [-0.3, -0.25) is 0 Å². The van der Waals surface area contributed by atoms with Crippen LogP contribution in [-0.2, 0) is 10.5 Å². The summed E-state index contributed by atoms with van der Waals surface area (Å²) in [4.78, 5) is 4.34. The highest BCUT2D eigenvalue weighted by molar-refractivity contribution is 8.00. The minimum absolute atomic E-state index is 0.295. The van der Waals surface area contributed by atoms with Crippen molar-refractivity contribution in [2.45, 2.75) is 29.0 Å². The molecule has 1 atom stereocenters. The van der Waals surface area contributed by atoms with Gasteiger partial charge in [0, 0.05) is 18.7 Å². The number of oxazole rings is 1. The number of benzene rings is 1. The van der Waals surface area contributed by atoms with Crippen LogP contribution in [0.1, 0.15) is 18.7 Å². The molecule has 130 valence electrons. The third-order valence-corrected chi connectivity index (χ3v) is 5.84. The van der Waals surface area contributed by atoms with Crippen molar-refractivity contribution in [2.75, 3.05) is 18.5 Å². The van der Waals surface area contributed by atoms with Gasteiger partial charge >= 0.3 is 0 Å². The maximum atomic E-state index is 5.81. The molecule has 3 heterocycles. The van der Waals surface area contributed by atoms with E-state index in [2.05, 4.69) is 20.5 Å². The summed E-state index contributed by atoms with van der Waals surface area (Å²) in [5, 5.41) is 12.5. The van der Waals surface area contributed by atoms with Crippen LogP contribution in [0.5, 0.6) is 0 Å². The van der Waals surface area contributed by atoms with Crippen LogP contribution in [0, 0.1) is 0 Å². The number of nitrogens with one attached hydrogen (secondary N) is 1. The first-order valence-corrected chi connectivity index (χ1v) is 9.99. The van der Waals surface area contributed by atoms with Gasteiger partial charge in [0.15, 0.2) is 10.1 Å². The SMILES string of the molecule is c1ccc(-c2cnc(CSc3nnc(NCC4CCCO4)s3)o2)cc1. The first-order chi connectivity index (χ1) is 12.4. The van der Waals surface area contributed by atoms with Gasteiger partial charge in [0.05, 0.1) is 18.1 Å². The fraction of sp³-hybridized carbons (Fsp3) is 0.353. The van der Waals surface area contributed by atoms with Gasteiger partial charge in [-0.25, -0.2) is 4.98 Å². The van der Waals surface area contributed by atoms with Crippen LogP contribution in [-0.4, -0.2) is 34.4 Å². The topological polar surface area (TPSA) is 73.1 Å². The molecule has 3 aromatic rings. The predicted molar refractivity (Wildman–Crippen MR) is 98.9 cm³/mol. The van der Waals surface area contributed by atoms with Crippen molar-refractivity contribution in [1.29, 1.82) is 0 Å². The Labute approximate surface area is 154 Å². The van der Waals surface area contributed by atoms with Crippen LogP contribution < -0.4 is 5.32 Å². The van der Waals surface area contributed by atoms with Crippen molar-refractivity contribution >= 4 is 28.2 Å².